The molecule has 0 unspecified atom stereocenters. The Morgan fingerprint density at radius 3 is 2.25 bits per heavy atom. The van der Waals surface area contributed by atoms with Crippen molar-refractivity contribution in [3.05, 3.63) is 70.8 Å². The molecule has 4 rings (SSSR count). The zero-order chi connectivity index (χ0) is 20.1. The first-order valence-corrected chi connectivity index (χ1v) is 13.7. The maximum atomic E-state index is 6.72. The van der Waals surface area contributed by atoms with Crippen LogP contribution in [-0.4, -0.2) is 25.9 Å². The van der Waals surface area contributed by atoms with Crippen LogP contribution in [0.2, 0.25) is 18.1 Å². The summed E-state index contributed by atoms with van der Waals surface area (Å²) in [5.74, 6) is 0.502. The molecule has 3 atom stereocenters. The van der Waals surface area contributed by atoms with Gasteiger partial charge in [0.1, 0.15) is 0 Å². The monoisotopic (exact) mass is 393 g/mol. The second-order valence-electron chi connectivity index (χ2n) is 10.2. The van der Waals surface area contributed by atoms with Crippen molar-refractivity contribution in [2.75, 3.05) is 6.61 Å². The highest BCUT2D eigenvalue weighted by Gasteiger charge is 2.43. The van der Waals surface area contributed by atoms with Crippen molar-refractivity contribution in [2.45, 2.75) is 76.8 Å². The molecule has 2 heterocycles. The summed E-state index contributed by atoms with van der Waals surface area (Å²) in [4.78, 5) is 2.74. The van der Waals surface area contributed by atoms with E-state index in [2.05, 4.69) is 94.2 Å². The predicted octanol–water partition coefficient (Wildman–Crippen LogP) is 6.29. The Kier molecular flexibility index (Phi) is 5.05. The Bertz CT molecular complexity index is 854. The highest BCUT2D eigenvalue weighted by atomic mass is 28.4. The molecule has 0 N–H and O–H groups in total. The van der Waals surface area contributed by atoms with Crippen LogP contribution in [0.25, 0.3) is 0 Å². The quantitative estimate of drug-likeness (QED) is 0.568. The van der Waals surface area contributed by atoms with Gasteiger partial charge in [-0.1, -0.05) is 76.2 Å². The molecule has 0 amide bonds. The summed E-state index contributed by atoms with van der Waals surface area (Å²) in [5, 5.41) is 0.251. The third kappa shape index (κ3) is 3.38. The molecule has 2 aliphatic heterocycles. The van der Waals surface area contributed by atoms with Crippen molar-refractivity contribution in [1.82, 2.24) is 4.90 Å². The van der Waals surface area contributed by atoms with Crippen LogP contribution in [0, 0.1) is 0 Å². The van der Waals surface area contributed by atoms with Crippen molar-refractivity contribution in [2.24, 2.45) is 0 Å². The number of hydrogen-bond donors (Lipinski definition) is 0. The van der Waals surface area contributed by atoms with Crippen LogP contribution >= 0.6 is 0 Å². The van der Waals surface area contributed by atoms with Gasteiger partial charge in [0.25, 0.3) is 0 Å². The standard InChI is InChI=1S/C25H35NOSi/c1-18-22-13-9-8-12-20(22)16-26-21(17-27-28(5,6)25(2,3)4)15-19-11-7-10-14-23(19)24(18)26/h7-14,18,21,24H,15-17H2,1-6H3/t18-,21-,24+/m0/s1. The Morgan fingerprint density at radius 1 is 0.964 bits per heavy atom. The second kappa shape index (κ2) is 7.12. The van der Waals surface area contributed by atoms with Gasteiger partial charge in [-0.2, -0.15) is 0 Å². The van der Waals surface area contributed by atoms with E-state index < -0.39 is 8.32 Å². The van der Waals surface area contributed by atoms with E-state index in [0.717, 1.165) is 19.6 Å². The molecule has 0 aromatic heterocycles. The van der Waals surface area contributed by atoms with Crippen LogP contribution in [0.4, 0.5) is 0 Å². The fourth-order valence-corrected chi connectivity index (χ4v) is 5.78. The van der Waals surface area contributed by atoms with Crippen molar-refractivity contribution in [1.29, 1.82) is 0 Å². The lowest BCUT2D eigenvalue weighted by Crippen LogP contribution is -2.52. The first kappa shape index (κ1) is 19.9. The van der Waals surface area contributed by atoms with Crippen molar-refractivity contribution < 1.29 is 4.43 Å². The number of fused-ring (bicyclic) bond motifs is 4. The molecule has 3 heteroatoms. The molecule has 2 nitrogen and oxygen atoms in total. The normalized spacial score (nSPS) is 25.0. The molecular formula is C25H35NOSi. The first-order chi connectivity index (χ1) is 13.2. The van der Waals surface area contributed by atoms with Crippen LogP contribution in [0.15, 0.2) is 48.5 Å². The number of benzene rings is 2. The lowest BCUT2D eigenvalue weighted by atomic mass is 9.76. The summed E-state index contributed by atoms with van der Waals surface area (Å²) in [6, 6.07) is 19.0. The fourth-order valence-electron chi connectivity index (χ4n) is 4.73. The summed E-state index contributed by atoms with van der Waals surface area (Å²) in [7, 11) is -1.75. The molecule has 0 fully saturated rings. The van der Waals surface area contributed by atoms with Crippen molar-refractivity contribution in [3.8, 4) is 0 Å². The highest BCUT2D eigenvalue weighted by Crippen LogP contribution is 2.47. The fraction of sp³-hybridized carbons (Fsp3) is 0.520. The van der Waals surface area contributed by atoms with Gasteiger partial charge in [0.15, 0.2) is 8.32 Å². The largest absolute Gasteiger partial charge is 0.415 e. The average Bonchev–Trinajstić information content (AvgIpc) is 2.65. The first-order valence-electron chi connectivity index (χ1n) is 10.7. The molecule has 2 aliphatic rings. The van der Waals surface area contributed by atoms with E-state index in [-0.39, 0.29) is 5.04 Å². The van der Waals surface area contributed by atoms with E-state index in [4.69, 9.17) is 4.43 Å². The molecule has 0 bridgehead atoms. The summed E-state index contributed by atoms with van der Waals surface area (Å²) in [6.45, 7) is 16.0. The molecular weight excluding hydrogens is 358 g/mol. The van der Waals surface area contributed by atoms with E-state index in [1.54, 1.807) is 0 Å². The van der Waals surface area contributed by atoms with Gasteiger partial charge in [-0.05, 0) is 46.8 Å². The smallest absolute Gasteiger partial charge is 0.192 e. The molecule has 2 aromatic rings. The topological polar surface area (TPSA) is 12.5 Å². The molecule has 0 spiro atoms. The number of hydrogen-bond acceptors (Lipinski definition) is 2. The molecule has 150 valence electrons. The van der Waals surface area contributed by atoms with Crippen molar-refractivity contribution >= 4 is 8.32 Å². The van der Waals surface area contributed by atoms with Gasteiger partial charge in [0, 0.05) is 31.2 Å². The van der Waals surface area contributed by atoms with E-state index in [1.165, 1.54) is 22.3 Å². The van der Waals surface area contributed by atoms with Crippen LogP contribution in [0.5, 0.6) is 0 Å². The lowest BCUT2D eigenvalue weighted by molar-refractivity contribution is 0.0466. The Labute approximate surface area is 172 Å². The number of rotatable bonds is 3. The molecule has 0 radical (unpaired) electrons. The Morgan fingerprint density at radius 2 is 1.57 bits per heavy atom. The van der Waals surface area contributed by atoms with Crippen LogP contribution < -0.4 is 0 Å². The lowest BCUT2D eigenvalue weighted by Gasteiger charge is -2.50. The van der Waals surface area contributed by atoms with E-state index in [0.29, 0.717) is 18.0 Å². The summed E-state index contributed by atoms with van der Waals surface area (Å²) >= 11 is 0. The molecule has 0 saturated carbocycles. The predicted molar refractivity (Wildman–Crippen MR) is 120 cm³/mol. The van der Waals surface area contributed by atoms with Gasteiger partial charge in [-0.25, -0.2) is 0 Å². The third-order valence-corrected chi connectivity index (χ3v) is 12.0. The highest BCUT2D eigenvalue weighted by molar-refractivity contribution is 6.74. The molecule has 0 aliphatic carbocycles. The van der Waals surface area contributed by atoms with Crippen LogP contribution in [-0.2, 0) is 17.4 Å². The number of nitrogens with zero attached hydrogens (tertiary/aromatic N) is 1. The minimum Gasteiger partial charge on any atom is -0.415 e. The van der Waals surface area contributed by atoms with E-state index >= 15 is 0 Å². The summed E-state index contributed by atoms with van der Waals surface area (Å²) in [5.41, 5.74) is 6.04. The van der Waals surface area contributed by atoms with E-state index in [1.807, 2.05) is 0 Å². The summed E-state index contributed by atoms with van der Waals surface area (Å²) in [6.07, 6.45) is 1.09. The van der Waals surface area contributed by atoms with E-state index in [9.17, 15) is 0 Å². The maximum absolute atomic E-state index is 6.72. The van der Waals surface area contributed by atoms with Gasteiger partial charge in [-0.3, -0.25) is 4.90 Å². The Hall–Kier alpha value is -1.42. The maximum Gasteiger partial charge on any atom is 0.192 e. The summed E-state index contributed by atoms with van der Waals surface area (Å²) < 4.78 is 6.72. The van der Waals surface area contributed by atoms with Gasteiger partial charge in [0.2, 0.25) is 0 Å². The minimum atomic E-state index is -1.75. The zero-order valence-corrected chi connectivity index (χ0v) is 19.3. The van der Waals surface area contributed by atoms with Crippen molar-refractivity contribution in [3.63, 3.8) is 0 Å². The molecule has 2 aromatic carbocycles. The van der Waals surface area contributed by atoms with Gasteiger partial charge < -0.3 is 4.43 Å². The van der Waals surface area contributed by atoms with Gasteiger partial charge in [-0.15, -0.1) is 0 Å². The molecule has 28 heavy (non-hydrogen) atoms. The Balaban J connectivity index is 1.68. The minimum absolute atomic E-state index is 0.251. The van der Waals surface area contributed by atoms with Crippen LogP contribution in [0.3, 0.4) is 0 Å². The third-order valence-electron chi connectivity index (χ3n) is 7.47. The second-order valence-corrected chi connectivity index (χ2v) is 15.0. The molecule has 0 saturated heterocycles. The van der Waals surface area contributed by atoms with Gasteiger partial charge >= 0.3 is 0 Å². The average molecular weight is 394 g/mol. The zero-order valence-electron chi connectivity index (χ0n) is 18.3. The van der Waals surface area contributed by atoms with Gasteiger partial charge in [0.05, 0.1) is 0 Å². The van der Waals surface area contributed by atoms with Crippen LogP contribution in [0.1, 0.15) is 61.9 Å². The SMILES string of the molecule is C[C@H]1c2ccccc2CN2[C@H](CO[Si](C)(C)C(C)(C)C)Cc3ccccc3[C@@H]12.